The first-order valence-corrected chi connectivity index (χ1v) is 5.95. The quantitative estimate of drug-likeness (QED) is 0.811. The topological polar surface area (TPSA) is 41.5 Å². The van der Waals surface area contributed by atoms with Crippen LogP contribution in [-0.2, 0) is 0 Å². The lowest BCUT2D eigenvalue weighted by Gasteiger charge is -2.27. The van der Waals surface area contributed by atoms with Gasteiger partial charge in [0.2, 0.25) is 0 Å². The number of nitrogens with one attached hydrogen (secondary N) is 1. The Bertz CT molecular complexity index is 296. The summed E-state index contributed by atoms with van der Waals surface area (Å²) in [5, 5.41) is 13.3. The van der Waals surface area contributed by atoms with Gasteiger partial charge < -0.3 is 15.2 Å². The summed E-state index contributed by atoms with van der Waals surface area (Å²) in [6.45, 7) is 1.37. The van der Waals surface area contributed by atoms with Crippen LogP contribution in [0.3, 0.4) is 0 Å². The van der Waals surface area contributed by atoms with E-state index in [0.717, 1.165) is 18.7 Å². The zero-order valence-corrected chi connectivity index (χ0v) is 9.43. The molecule has 0 amide bonds. The number of ether oxygens (including phenoxy) is 1. The smallest absolute Gasteiger partial charge is 0.119 e. The van der Waals surface area contributed by atoms with Crippen LogP contribution < -0.4 is 10.1 Å². The Kier molecular flexibility index (Phi) is 4.19. The normalized spacial score (nSPS) is 22.7. The summed E-state index contributed by atoms with van der Waals surface area (Å²) < 4.78 is 5.53. The van der Waals surface area contributed by atoms with Crippen LogP contribution in [0.15, 0.2) is 30.3 Å². The molecule has 0 aromatic heterocycles. The van der Waals surface area contributed by atoms with Gasteiger partial charge in [0.15, 0.2) is 0 Å². The Labute approximate surface area is 96.4 Å². The minimum Gasteiger partial charge on any atom is -0.491 e. The fourth-order valence-corrected chi connectivity index (χ4v) is 2.02. The molecule has 88 valence electrons. The molecule has 0 bridgehead atoms. The Morgan fingerprint density at radius 2 is 2.12 bits per heavy atom. The molecule has 1 fully saturated rings. The molecule has 1 saturated heterocycles. The van der Waals surface area contributed by atoms with Crippen molar-refractivity contribution in [2.24, 2.45) is 0 Å². The Morgan fingerprint density at radius 1 is 1.31 bits per heavy atom. The zero-order valence-electron chi connectivity index (χ0n) is 9.43. The Balaban J connectivity index is 1.76. The highest BCUT2D eigenvalue weighted by Gasteiger charge is 2.21. The van der Waals surface area contributed by atoms with Crippen molar-refractivity contribution >= 4 is 0 Å². The molecular formula is C13H19NO2. The average molecular weight is 221 g/mol. The number of para-hydroxylation sites is 1. The molecule has 1 aromatic rings. The fourth-order valence-electron chi connectivity index (χ4n) is 2.02. The van der Waals surface area contributed by atoms with Gasteiger partial charge in [0.25, 0.3) is 0 Å². The van der Waals surface area contributed by atoms with Crippen molar-refractivity contribution in [2.45, 2.75) is 31.4 Å². The highest BCUT2D eigenvalue weighted by molar-refractivity contribution is 5.20. The first kappa shape index (κ1) is 11.4. The summed E-state index contributed by atoms with van der Waals surface area (Å²) in [7, 11) is 0. The minimum atomic E-state index is -0.416. The molecule has 3 nitrogen and oxygen atoms in total. The van der Waals surface area contributed by atoms with Crippen molar-refractivity contribution in [3.05, 3.63) is 30.3 Å². The predicted molar refractivity (Wildman–Crippen MR) is 63.6 cm³/mol. The van der Waals surface area contributed by atoms with Gasteiger partial charge in [0.1, 0.15) is 18.5 Å². The lowest BCUT2D eigenvalue weighted by molar-refractivity contribution is 0.0639. The van der Waals surface area contributed by atoms with E-state index in [2.05, 4.69) is 5.32 Å². The van der Waals surface area contributed by atoms with Gasteiger partial charge in [-0.2, -0.15) is 0 Å². The van der Waals surface area contributed by atoms with Crippen LogP contribution in [0.25, 0.3) is 0 Å². The SMILES string of the molecule is O[C@@H](COc1ccccc1)[C@H]1CCCCN1. The maximum absolute atomic E-state index is 9.95. The first-order chi connectivity index (χ1) is 7.86. The molecule has 1 heterocycles. The van der Waals surface area contributed by atoms with Crippen LogP contribution in [0.2, 0.25) is 0 Å². The second-order valence-electron chi connectivity index (χ2n) is 4.25. The molecular weight excluding hydrogens is 202 g/mol. The van der Waals surface area contributed by atoms with E-state index in [1.54, 1.807) is 0 Å². The van der Waals surface area contributed by atoms with Crippen LogP contribution in [0.1, 0.15) is 19.3 Å². The van der Waals surface area contributed by atoms with E-state index >= 15 is 0 Å². The molecule has 1 aliphatic heterocycles. The van der Waals surface area contributed by atoms with Gasteiger partial charge in [-0.15, -0.1) is 0 Å². The van der Waals surface area contributed by atoms with Gasteiger partial charge in [0.05, 0.1) is 0 Å². The molecule has 2 N–H and O–H groups in total. The maximum atomic E-state index is 9.95. The lowest BCUT2D eigenvalue weighted by atomic mass is 10.0. The van der Waals surface area contributed by atoms with Gasteiger partial charge in [-0.1, -0.05) is 24.6 Å². The van der Waals surface area contributed by atoms with Crippen molar-refractivity contribution in [1.82, 2.24) is 5.32 Å². The van der Waals surface area contributed by atoms with E-state index in [-0.39, 0.29) is 6.04 Å². The van der Waals surface area contributed by atoms with Crippen LogP contribution in [0, 0.1) is 0 Å². The molecule has 1 aliphatic rings. The number of hydrogen-bond donors (Lipinski definition) is 2. The summed E-state index contributed by atoms with van der Waals surface area (Å²) in [5.41, 5.74) is 0. The number of aliphatic hydroxyl groups is 1. The third-order valence-electron chi connectivity index (χ3n) is 2.98. The predicted octanol–water partition coefficient (Wildman–Crippen LogP) is 1.57. The third-order valence-corrected chi connectivity index (χ3v) is 2.98. The van der Waals surface area contributed by atoms with E-state index in [1.807, 2.05) is 30.3 Å². The van der Waals surface area contributed by atoms with Gasteiger partial charge in [-0.3, -0.25) is 0 Å². The number of rotatable bonds is 4. The molecule has 1 aromatic carbocycles. The summed E-state index contributed by atoms with van der Waals surface area (Å²) in [6, 6.07) is 9.81. The van der Waals surface area contributed by atoms with E-state index in [0.29, 0.717) is 6.61 Å². The first-order valence-electron chi connectivity index (χ1n) is 5.95. The summed E-state index contributed by atoms with van der Waals surface area (Å²) in [4.78, 5) is 0. The van der Waals surface area contributed by atoms with Crippen molar-refractivity contribution in [2.75, 3.05) is 13.2 Å². The van der Waals surface area contributed by atoms with Crippen LogP contribution in [-0.4, -0.2) is 30.4 Å². The van der Waals surface area contributed by atoms with E-state index < -0.39 is 6.10 Å². The minimum absolute atomic E-state index is 0.192. The monoisotopic (exact) mass is 221 g/mol. The van der Waals surface area contributed by atoms with Gasteiger partial charge in [-0.05, 0) is 31.5 Å². The summed E-state index contributed by atoms with van der Waals surface area (Å²) >= 11 is 0. The molecule has 0 unspecified atom stereocenters. The van der Waals surface area contributed by atoms with E-state index in [4.69, 9.17) is 4.74 Å². The molecule has 0 saturated carbocycles. The van der Waals surface area contributed by atoms with Gasteiger partial charge in [-0.25, -0.2) is 0 Å². The second-order valence-corrected chi connectivity index (χ2v) is 4.25. The van der Waals surface area contributed by atoms with Crippen molar-refractivity contribution in [3.63, 3.8) is 0 Å². The van der Waals surface area contributed by atoms with E-state index in [1.165, 1.54) is 12.8 Å². The summed E-state index contributed by atoms with van der Waals surface area (Å²) in [6.07, 6.45) is 3.03. The molecule has 0 aliphatic carbocycles. The second kappa shape index (κ2) is 5.87. The Morgan fingerprint density at radius 3 is 2.81 bits per heavy atom. The standard InChI is InChI=1S/C13H19NO2/c15-13(12-8-4-5-9-14-12)10-16-11-6-2-1-3-7-11/h1-3,6-7,12-15H,4-5,8-10H2/t12-,13+/m1/s1. The van der Waals surface area contributed by atoms with Crippen molar-refractivity contribution < 1.29 is 9.84 Å². The molecule has 2 rings (SSSR count). The molecule has 0 radical (unpaired) electrons. The van der Waals surface area contributed by atoms with Gasteiger partial charge in [0, 0.05) is 6.04 Å². The molecule has 3 heteroatoms. The molecule has 2 atom stereocenters. The maximum Gasteiger partial charge on any atom is 0.119 e. The van der Waals surface area contributed by atoms with Crippen LogP contribution >= 0.6 is 0 Å². The van der Waals surface area contributed by atoms with Gasteiger partial charge >= 0.3 is 0 Å². The number of benzene rings is 1. The largest absolute Gasteiger partial charge is 0.491 e. The zero-order chi connectivity index (χ0) is 11.2. The van der Waals surface area contributed by atoms with Crippen LogP contribution in [0.5, 0.6) is 5.75 Å². The number of piperidine rings is 1. The highest BCUT2D eigenvalue weighted by atomic mass is 16.5. The molecule has 16 heavy (non-hydrogen) atoms. The number of hydrogen-bond acceptors (Lipinski definition) is 3. The molecule has 0 spiro atoms. The lowest BCUT2D eigenvalue weighted by Crippen LogP contribution is -2.45. The van der Waals surface area contributed by atoms with E-state index in [9.17, 15) is 5.11 Å². The Hall–Kier alpha value is -1.06. The fraction of sp³-hybridized carbons (Fsp3) is 0.538. The van der Waals surface area contributed by atoms with Crippen molar-refractivity contribution in [1.29, 1.82) is 0 Å². The summed E-state index contributed by atoms with van der Waals surface area (Å²) in [5.74, 6) is 0.817. The van der Waals surface area contributed by atoms with Crippen LogP contribution in [0.4, 0.5) is 0 Å². The van der Waals surface area contributed by atoms with Crippen molar-refractivity contribution in [3.8, 4) is 5.75 Å². The third kappa shape index (κ3) is 3.22. The highest BCUT2D eigenvalue weighted by Crippen LogP contribution is 2.13. The average Bonchev–Trinajstić information content (AvgIpc) is 2.38. The number of aliphatic hydroxyl groups excluding tert-OH is 1.